The first-order chi connectivity index (χ1) is 12.5. The van der Waals surface area contributed by atoms with E-state index in [1.165, 1.54) is 0 Å². The monoisotopic (exact) mass is 372 g/mol. The molecule has 1 aliphatic rings. The van der Waals surface area contributed by atoms with E-state index in [1.807, 2.05) is 37.4 Å². The van der Waals surface area contributed by atoms with Gasteiger partial charge in [-0.3, -0.25) is 9.59 Å². The number of likely N-dealkylation sites (N-methyl/N-ethyl adjacent to an activating group) is 1. The molecule has 6 heteroatoms. The van der Waals surface area contributed by atoms with Crippen molar-refractivity contribution in [1.29, 1.82) is 0 Å². The van der Waals surface area contributed by atoms with E-state index in [0.29, 0.717) is 22.8 Å². The van der Waals surface area contributed by atoms with Gasteiger partial charge in [0.2, 0.25) is 0 Å². The minimum atomic E-state index is -0.139. The number of carbonyl (C=O) groups is 2. The Morgan fingerprint density at radius 3 is 2.54 bits per heavy atom. The van der Waals surface area contributed by atoms with E-state index < -0.39 is 0 Å². The maximum Gasteiger partial charge on any atom is 0.279 e. The normalized spacial score (nSPS) is 14.5. The number of benzene rings is 2. The van der Waals surface area contributed by atoms with Crippen LogP contribution >= 0.6 is 11.6 Å². The largest absolute Gasteiger partial charge is 0.349 e. The van der Waals surface area contributed by atoms with Crippen molar-refractivity contribution >= 4 is 29.1 Å². The van der Waals surface area contributed by atoms with Gasteiger partial charge in [0, 0.05) is 16.6 Å². The zero-order chi connectivity index (χ0) is 18.5. The van der Waals surface area contributed by atoms with Crippen LogP contribution in [0.5, 0.6) is 0 Å². The van der Waals surface area contributed by atoms with Crippen molar-refractivity contribution in [3.8, 4) is 0 Å². The van der Waals surface area contributed by atoms with Crippen molar-refractivity contribution in [3.05, 3.63) is 64.7 Å². The van der Waals surface area contributed by atoms with Crippen molar-refractivity contribution in [2.75, 3.05) is 18.9 Å². The van der Waals surface area contributed by atoms with Gasteiger partial charge >= 0.3 is 0 Å². The molecule has 0 spiro atoms. The highest BCUT2D eigenvalue weighted by atomic mass is 35.5. The fourth-order valence-electron chi connectivity index (χ4n) is 2.78. The third-order valence-corrected chi connectivity index (χ3v) is 4.64. The Hall–Kier alpha value is -2.37. The second-order valence-corrected chi connectivity index (χ2v) is 7.15. The number of anilines is 1. The van der Waals surface area contributed by atoms with Gasteiger partial charge in [-0.25, -0.2) is 0 Å². The van der Waals surface area contributed by atoms with Gasteiger partial charge in [-0.05, 0) is 31.0 Å². The van der Waals surface area contributed by atoms with Crippen LogP contribution in [0.15, 0.2) is 48.5 Å². The Balaban J connectivity index is 1.59. The van der Waals surface area contributed by atoms with Crippen LogP contribution in [0.2, 0.25) is 5.02 Å². The third-order valence-electron chi connectivity index (χ3n) is 4.27. The molecule has 26 heavy (non-hydrogen) atoms. The lowest BCUT2D eigenvalue weighted by molar-refractivity contribution is -0.885. The topological polar surface area (TPSA) is 62.6 Å². The summed E-state index contributed by atoms with van der Waals surface area (Å²) in [7, 11) is 1.94. The van der Waals surface area contributed by atoms with Crippen LogP contribution in [0.3, 0.4) is 0 Å². The zero-order valence-electron chi connectivity index (χ0n) is 14.7. The maximum atomic E-state index is 12.4. The van der Waals surface area contributed by atoms with Crippen LogP contribution in [-0.4, -0.2) is 31.4 Å². The number of halogens is 1. The van der Waals surface area contributed by atoms with Gasteiger partial charge in [-0.1, -0.05) is 41.9 Å². The Kier molecular flexibility index (Phi) is 5.91. The molecule has 0 saturated heterocycles. The molecule has 0 aliphatic heterocycles. The van der Waals surface area contributed by atoms with E-state index >= 15 is 0 Å². The van der Waals surface area contributed by atoms with E-state index in [9.17, 15) is 9.59 Å². The van der Waals surface area contributed by atoms with E-state index in [1.54, 1.807) is 18.2 Å². The smallest absolute Gasteiger partial charge is 0.279 e. The van der Waals surface area contributed by atoms with Crippen molar-refractivity contribution < 1.29 is 14.5 Å². The number of nitrogens with one attached hydrogen (secondary N) is 3. The molecule has 5 nitrogen and oxygen atoms in total. The standard InChI is InChI=1S/C20H22ClN3O2/c1-24(12-14-6-2-4-8-17(14)21)13-19(25)23-18-9-5-3-7-16(18)20(26)22-15-10-11-15/h2-9,15H,10-13H2,1H3,(H,22,26)(H,23,25)/p+1. The molecule has 2 amide bonds. The van der Waals surface area contributed by atoms with Crippen molar-refractivity contribution in [2.24, 2.45) is 0 Å². The number of hydrogen-bond acceptors (Lipinski definition) is 2. The summed E-state index contributed by atoms with van der Waals surface area (Å²) in [4.78, 5) is 25.7. The van der Waals surface area contributed by atoms with E-state index in [2.05, 4.69) is 10.6 Å². The van der Waals surface area contributed by atoms with Gasteiger partial charge in [0.05, 0.1) is 18.3 Å². The molecule has 1 saturated carbocycles. The zero-order valence-corrected chi connectivity index (χ0v) is 15.5. The molecule has 1 fully saturated rings. The molecule has 3 N–H and O–H groups in total. The second kappa shape index (κ2) is 8.34. The number of para-hydroxylation sites is 1. The molecule has 1 atom stereocenters. The summed E-state index contributed by atoms with van der Waals surface area (Å²) in [6.45, 7) is 0.931. The number of amides is 2. The van der Waals surface area contributed by atoms with E-state index in [-0.39, 0.29) is 24.4 Å². The summed E-state index contributed by atoms with van der Waals surface area (Å²) in [5.74, 6) is -0.276. The molecule has 0 heterocycles. The first-order valence-electron chi connectivity index (χ1n) is 8.77. The molecule has 1 unspecified atom stereocenters. The van der Waals surface area contributed by atoms with Crippen LogP contribution in [0.25, 0.3) is 0 Å². The van der Waals surface area contributed by atoms with Gasteiger partial charge in [0.1, 0.15) is 6.54 Å². The van der Waals surface area contributed by atoms with Gasteiger partial charge in [-0.15, -0.1) is 0 Å². The molecule has 0 bridgehead atoms. The minimum absolute atomic E-state index is 0.138. The Bertz CT molecular complexity index is 805. The van der Waals surface area contributed by atoms with Gasteiger partial charge < -0.3 is 15.5 Å². The van der Waals surface area contributed by atoms with Crippen LogP contribution in [0, 0.1) is 0 Å². The number of hydrogen-bond donors (Lipinski definition) is 3. The molecule has 0 aromatic heterocycles. The van der Waals surface area contributed by atoms with Crippen LogP contribution in [-0.2, 0) is 11.3 Å². The summed E-state index contributed by atoms with van der Waals surface area (Å²) < 4.78 is 0. The van der Waals surface area contributed by atoms with Crippen LogP contribution in [0.1, 0.15) is 28.8 Å². The molecule has 2 aromatic carbocycles. The summed E-state index contributed by atoms with van der Waals surface area (Å²) in [6, 6.07) is 15.0. The lowest BCUT2D eigenvalue weighted by Gasteiger charge is -2.16. The van der Waals surface area contributed by atoms with Gasteiger partial charge in [0.15, 0.2) is 6.54 Å². The second-order valence-electron chi connectivity index (χ2n) is 6.74. The van der Waals surface area contributed by atoms with E-state index in [0.717, 1.165) is 23.3 Å². The average molecular weight is 373 g/mol. The van der Waals surface area contributed by atoms with Crippen LogP contribution in [0.4, 0.5) is 5.69 Å². The Morgan fingerprint density at radius 2 is 1.81 bits per heavy atom. The summed E-state index contributed by atoms with van der Waals surface area (Å²) in [5.41, 5.74) is 2.04. The molecule has 0 radical (unpaired) electrons. The summed E-state index contributed by atoms with van der Waals surface area (Å²) >= 11 is 6.18. The summed E-state index contributed by atoms with van der Waals surface area (Å²) in [5, 5.41) is 6.52. The van der Waals surface area contributed by atoms with Gasteiger partial charge in [0.25, 0.3) is 11.8 Å². The van der Waals surface area contributed by atoms with Crippen LogP contribution < -0.4 is 15.5 Å². The fourth-order valence-corrected chi connectivity index (χ4v) is 2.98. The lowest BCUT2D eigenvalue weighted by Crippen LogP contribution is -3.08. The first-order valence-corrected chi connectivity index (χ1v) is 9.15. The molecule has 2 aromatic rings. The fraction of sp³-hybridized carbons (Fsp3) is 0.300. The number of carbonyl (C=O) groups excluding carboxylic acids is 2. The highest BCUT2D eigenvalue weighted by Gasteiger charge is 2.25. The maximum absolute atomic E-state index is 12.4. The minimum Gasteiger partial charge on any atom is -0.349 e. The molecular formula is C20H23ClN3O2+. The van der Waals surface area contributed by atoms with Crippen molar-refractivity contribution in [3.63, 3.8) is 0 Å². The highest BCUT2D eigenvalue weighted by molar-refractivity contribution is 6.31. The van der Waals surface area contributed by atoms with Crippen molar-refractivity contribution in [1.82, 2.24) is 5.32 Å². The van der Waals surface area contributed by atoms with E-state index in [4.69, 9.17) is 11.6 Å². The first kappa shape index (κ1) is 18.4. The van der Waals surface area contributed by atoms with Crippen molar-refractivity contribution in [2.45, 2.75) is 25.4 Å². The number of quaternary nitrogens is 1. The average Bonchev–Trinajstić information content (AvgIpc) is 3.41. The Labute approximate surface area is 158 Å². The molecular weight excluding hydrogens is 350 g/mol. The molecule has 3 rings (SSSR count). The molecule has 1 aliphatic carbocycles. The highest BCUT2D eigenvalue weighted by Crippen LogP contribution is 2.21. The Morgan fingerprint density at radius 1 is 1.12 bits per heavy atom. The predicted molar refractivity (Wildman–Crippen MR) is 102 cm³/mol. The molecule has 136 valence electrons. The lowest BCUT2D eigenvalue weighted by atomic mass is 10.1. The number of rotatable bonds is 7. The third kappa shape index (κ3) is 5.07. The quantitative estimate of drug-likeness (QED) is 0.695. The predicted octanol–water partition coefficient (Wildman–Crippen LogP) is 1.89. The SMILES string of the molecule is C[NH+](CC(=O)Nc1ccccc1C(=O)NC1CC1)Cc1ccccc1Cl. The summed E-state index contributed by atoms with van der Waals surface area (Å²) in [6.07, 6.45) is 2.05. The van der Waals surface area contributed by atoms with Gasteiger partial charge in [-0.2, -0.15) is 0 Å².